The second-order valence-corrected chi connectivity index (χ2v) is 3.71. The number of rotatable bonds is 0. The van der Waals surface area contributed by atoms with E-state index in [1.807, 2.05) is 18.9 Å². The molecule has 1 N–H and O–H groups in total. The zero-order valence-electron chi connectivity index (χ0n) is 8.14. The van der Waals surface area contributed by atoms with Crippen molar-refractivity contribution in [1.29, 1.82) is 0 Å². The van der Waals surface area contributed by atoms with Gasteiger partial charge in [0.25, 0.3) is 0 Å². The van der Waals surface area contributed by atoms with Crippen LogP contribution in [0.3, 0.4) is 0 Å². The fourth-order valence-corrected chi connectivity index (χ4v) is 1.79. The van der Waals surface area contributed by atoms with Crippen molar-refractivity contribution >= 4 is 11.4 Å². The number of nitrogens with zero attached hydrogens (tertiary/aromatic N) is 1. The highest BCUT2D eigenvalue weighted by Crippen LogP contribution is 2.31. The third-order valence-electron chi connectivity index (χ3n) is 2.40. The van der Waals surface area contributed by atoms with E-state index in [1.54, 1.807) is 0 Å². The lowest BCUT2D eigenvalue weighted by Gasteiger charge is -2.33. The molecule has 0 aromatic heterocycles. The van der Waals surface area contributed by atoms with Crippen molar-refractivity contribution in [2.45, 2.75) is 13.0 Å². The number of fused-ring (bicyclic) bond motifs is 1. The van der Waals surface area contributed by atoms with Gasteiger partial charge in [0.2, 0.25) is 0 Å². The smallest absolute Gasteiger partial charge is 0.161 e. The van der Waals surface area contributed by atoms with Crippen LogP contribution in [0.4, 0.5) is 20.2 Å². The Morgan fingerprint density at radius 3 is 2.71 bits per heavy atom. The number of hydrogen-bond donors (Lipinski definition) is 1. The fraction of sp³-hybridized carbons (Fsp3) is 0.400. The fourth-order valence-electron chi connectivity index (χ4n) is 1.79. The van der Waals surface area contributed by atoms with E-state index in [0.29, 0.717) is 11.4 Å². The van der Waals surface area contributed by atoms with E-state index in [4.69, 9.17) is 0 Å². The molecule has 0 saturated heterocycles. The van der Waals surface area contributed by atoms with Gasteiger partial charge in [-0.25, -0.2) is 8.78 Å². The summed E-state index contributed by atoms with van der Waals surface area (Å²) >= 11 is 0. The Kier molecular flexibility index (Phi) is 2.06. The van der Waals surface area contributed by atoms with Crippen LogP contribution in [0.25, 0.3) is 0 Å². The zero-order chi connectivity index (χ0) is 10.3. The van der Waals surface area contributed by atoms with Gasteiger partial charge < -0.3 is 10.2 Å². The molecule has 0 fully saturated rings. The molecule has 2 rings (SSSR count). The molecule has 4 heteroatoms. The Labute approximate surface area is 81.5 Å². The number of nitrogens with one attached hydrogen (secondary N) is 1. The average molecular weight is 198 g/mol. The minimum absolute atomic E-state index is 0.248. The summed E-state index contributed by atoms with van der Waals surface area (Å²) < 4.78 is 25.9. The molecular formula is C10H12F2N2. The minimum Gasteiger partial charge on any atom is -0.379 e. The standard InChI is InChI=1S/C10H12F2N2/c1-6-5-14(2)10-4-8(12)7(11)3-9(10)13-6/h3-4,6,13H,5H2,1-2H3. The van der Waals surface area contributed by atoms with Crippen molar-refractivity contribution in [3.63, 3.8) is 0 Å². The number of anilines is 2. The highest BCUT2D eigenvalue weighted by Gasteiger charge is 2.20. The van der Waals surface area contributed by atoms with Crippen LogP contribution >= 0.6 is 0 Å². The number of benzene rings is 1. The van der Waals surface area contributed by atoms with Crippen LogP contribution in [-0.2, 0) is 0 Å². The molecule has 0 amide bonds. The van der Waals surface area contributed by atoms with Crippen LogP contribution in [0.2, 0.25) is 0 Å². The van der Waals surface area contributed by atoms with Crippen LogP contribution in [0.1, 0.15) is 6.92 Å². The molecule has 0 saturated carbocycles. The van der Waals surface area contributed by atoms with Crippen LogP contribution in [0.5, 0.6) is 0 Å². The molecule has 1 aromatic carbocycles. The molecule has 0 aliphatic carbocycles. The molecule has 0 spiro atoms. The molecule has 1 aliphatic rings. The van der Waals surface area contributed by atoms with E-state index < -0.39 is 11.6 Å². The zero-order valence-corrected chi connectivity index (χ0v) is 8.14. The molecule has 0 radical (unpaired) electrons. The first-order chi connectivity index (χ1) is 6.58. The van der Waals surface area contributed by atoms with Crippen molar-refractivity contribution < 1.29 is 8.78 Å². The lowest BCUT2D eigenvalue weighted by atomic mass is 10.1. The topological polar surface area (TPSA) is 15.3 Å². The van der Waals surface area contributed by atoms with Gasteiger partial charge in [-0.3, -0.25) is 0 Å². The monoisotopic (exact) mass is 198 g/mol. The highest BCUT2D eigenvalue weighted by molar-refractivity contribution is 5.72. The minimum atomic E-state index is -0.807. The third kappa shape index (κ3) is 1.41. The second-order valence-electron chi connectivity index (χ2n) is 3.71. The van der Waals surface area contributed by atoms with E-state index in [9.17, 15) is 8.78 Å². The second kappa shape index (κ2) is 3.12. The first-order valence-corrected chi connectivity index (χ1v) is 4.54. The summed E-state index contributed by atoms with van der Waals surface area (Å²) in [6, 6.07) is 2.68. The molecule has 1 heterocycles. The summed E-state index contributed by atoms with van der Waals surface area (Å²) in [5, 5.41) is 3.11. The molecule has 1 atom stereocenters. The quantitative estimate of drug-likeness (QED) is 0.687. The summed E-state index contributed by atoms with van der Waals surface area (Å²) in [4.78, 5) is 1.92. The van der Waals surface area contributed by atoms with Gasteiger partial charge in [0.1, 0.15) is 0 Å². The van der Waals surface area contributed by atoms with Gasteiger partial charge in [0.05, 0.1) is 11.4 Å². The van der Waals surface area contributed by atoms with E-state index in [-0.39, 0.29) is 6.04 Å². The van der Waals surface area contributed by atoms with Gasteiger partial charge in [-0.1, -0.05) is 0 Å². The maximum atomic E-state index is 12.9. The number of likely N-dealkylation sites (N-methyl/N-ethyl adjacent to an activating group) is 1. The predicted octanol–water partition coefficient (Wildman–Crippen LogP) is 2.21. The van der Waals surface area contributed by atoms with Gasteiger partial charge in [0.15, 0.2) is 11.6 Å². The normalized spacial score (nSPS) is 20.3. The number of hydrogen-bond acceptors (Lipinski definition) is 2. The molecule has 1 unspecified atom stereocenters. The first-order valence-electron chi connectivity index (χ1n) is 4.54. The van der Waals surface area contributed by atoms with Crippen molar-refractivity contribution in [3.05, 3.63) is 23.8 Å². The maximum absolute atomic E-state index is 12.9. The van der Waals surface area contributed by atoms with Gasteiger partial charge in [-0.2, -0.15) is 0 Å². The summed E-state index contributed by atoms with van der Waals surface area (Å²) in [5.74, 6) is -1.61. The van der Waals surface area contributed by atoms with Gasteiger partial charge >= 0.3 is 0 Å². The Morgan fingerprint density at radius 1 is 1.36 bits per heavy atom. The highest BCUT2D eigenvalue weighted by atomic mass is 19.2. The lowest BCUT2D eigenvalue weighted by molar-refractivity contribution is 0.508. The van der Waals surface area contributed by atoms with Gasteiger partial charge in [0, 0.05) is 31.8 Å². The Balaban J connectivity index is 2.49. The molecule has 76 valence electrons. The van der Waals surface area contributed by atoms with Crippen molar-refractivity contribution in [2.24, 2.45) is 0 Å². The molecule has 2 nitrogen and oxygen atoms in total. The van der Waals surface area contributed by atoms with E-state index >= 15 is 0 Å². The van der Waals surface area contributed by atoms with Crippen LogP contribution < -0.4 is 10.2 Å². The van der Waals surface area contributed by atoms with Crippen LogP contribution in [0, 0.1) is 11.6 Å². The van der Waals surface area contributed by atoms with Crippen molar-refractivity contribution in [3.8, 4) is 0 Å². The molecule has 1 aliphatic heterocycles. The van der Waals surface area contributed by atoms with Crippen molar-refractivity contribution in [2.75, 3.05) is 23.8 Å². The third-order valence-corrected chi connectivity index (χ3v) is 2.40. The van der Waals surface area contributed by atoms with Crippen molar-refractivity contribution in [1.82, 2.24) is 0 Å². The van der Waals surface area contributed by atoms with E-state index in [0.717, 1.165) is 6.54 Å². The van der Waals surface area contributed by atoms with E-state index in [1.165, 1.54) is 12.1 Å². The maximum Gasteiger partial charge on any atom is 0.161 e. The summed E-state index contributed by atoms with van der Waals surface area (Å²) in [6.07, 6.45) is 0. The van der Waals surface area contributed by atoms with Crippen LogP contribution in [-0.4, -0.2) is 19.6 Å². The Hall–Kier alpha value is -1.32. The summed E-state index contributed by atoms with van der Waals surface area (Å²) in [5.41, 5.74) is 1.37. The molecule has 14 heavy (non-hydrogen) atoms. The first kappa shape index (κ1) is 9.24. The largest absolute Gasteiger partial charge is 0.379 e. The van der Waals surface area contributed by atoms with Gasteiger partial charge in [-0.15, -0.1) is 0 Å². The van der Waals surface area contributed by atoms with E-state index in [2.05, 4.69) is 5.32 Å². The average Bonchev–Trinajstić information content (AvgIpc) is 2.08. The predicted molar refractivity (Wildman–Crippen MR) is 52.7 cm³/mol. The molecule has 0 bridgehead atoms. The number of halogens is 2. The molecular weight excluding hydrogens is 186 g/mol. The van der Waals surface area contributed by atoms with Crippen LogP contribution in [0.15, 0.2) is 12.1 Å². The summed E-state index contributed by atoms with van der Waals surface area (Å²) in [6.45, 7) is 2.79. The summed E-state index contributed by atoms with van der Waals surface area (Å²) in [7, 11) is 1.87. The Bertz CT molecular complexity index is 365. The Morgan fingerprint density at radius 2 is 2.00 bits per heavy atom. The SMILES string of the molecule is CC1CN(C)c2cc(F)c(F)cc2N1. The van der Waals surface area contributed by atoms with Gasteiger partial charge in [-0.05, 0) is 6.92 Å². The molecule has 1 aromatic rings. The lowest BCUT2D eigenvalue weighted by Crippen LogP contribution is -2.37.